The molecule has 0 saturated carbocycles. The molecule has 0 aliphatic heterocycles. The first-order valence-electron chi connectivity index (χ1n) is 2.93. The number of nitrogens with one attached hydrogen (secondary N) is 1. The van der Waals surface area contributed by atoms with E-state index in [2.05, 4.69) is 16.5 Å². The first kappa shape index (κ1) is 6.74. The summed E-state index contributed by atoms with van der Waals surface area (Å²) >= 11 is 0. The summed E-state index contributed by atoms with van der Waals surface area (Å²) in [7, 11) is 0. The average molecular weight is 136 g/mol. The Hall–Kier alpha value is -1.38. The topological polar surface area (TPSA) is 45.8 Å². The Bertz CT molecular complexity index is 301. The van der Waals surface area contributed by atoms with Crippen LogP contribution in [0.3, 0.4) is 0 Å². The van der Waals surface area contributed by atoms with E-state index in [1.807, 2.05) is 0 Å². The lowest BCUT2D eigenvalue weighted by atomic mass is 10.2. The molecule has 0 spiro atoms. The minimum Gasteiger partial charge on any atom is -0.312 e. The second-order valence-corrected chi connectivity index (χ2v) is 1.95. The van der Waals surface area contributed by atoms with Crippen LogP contribution in [0.1, 0.15) is 11.3 Å². The van der Waals surface area contributed by atoms with Crippen LogP contribution < -0.4 is 5.69 Å². The van der Waals surface area contributed by atoms with Crippen molar-refractivity contribution in [2.45, 2.75) is 6.92 Å². The van der Waals surface area contributed by atoms with E-state index in [0.717, 1.165) is 5.56 Å². The first-order chi connectivity index (χ1) is 4.74. The molecule has 10 heavy (non-hydrogen) atoms. The van der Waals surface area contributed by atoms with Gasteiger partial charge in [-0.05, 0) is 6.92 Å². The Kier molecular flexibility index (Phi) is 1.67. The van der Waals surface area contributed by atoms with Gasteiger partial charge in [-0.15, -0.1) is 0 Å². The molecule has 1 heterocycles. The minimum atomic E-state index is -0.317. The van der Waals surface area contributed by atoms with Gasteiger partial charge in [0.05, 0.1) is 5.69 Å². The lowest BCUT2D eigenvalue weighted by Gasteiger charge is -1.93. The van der Waals surface area contributed by atoms with E-state index >= 15 is 0 Å². The largest absolute Gasteiger partial charge is 0.345 e. The van der Waals surface area contributed by atoms with Crippen molar-refractivity contribution in [3.05, 3.63) is 34.5 Å². The van der Waals surface area contributed by atoms with Crippen molar-refractivity contribution in [2.75, 3.05) is 0 Å². The number of nitrogens with zero attached hydrogens (tertiary/aromatic N) is 1. The minimum absolute atomic E-state index is 0.317. The Balaban J connectivity index is 3.32. The molecule has 1 aromatic rings. The third-order valence-electron chi connectivity index (χ3n) is 1.26. The predicted octanol–water partition coefficient (Wildman–Crippen LogP) is 0.721. The van der Waals surface area contributed by atoms with Crippen molar-refractivity contribution in [1.82, 2.24) is 9.97 Å². The Labute approximate surface area is 58.4 Å². The van der Waals surface area contributed by atoms with E-state index in [9.17, 15) is 4.79 Å². The van der Waals surface area contributed by atoms with Crippen LogP contribution >= 0.6 is 0 Å². The van der Waals surface area contributed by atoms with Gasteiger partial charge >= 0.3 is 5.69 Å². The lowest BCUT2D eigenvalue weighted by Crippen LogP contribution is -2.11. The van der Waals surface area contributed by atoms with Gasteiger partial charge in [-0.1, -0.05) is 12.7 Å². The van der Waals surface area contributed by atoms with Gasteiger partial charge in [-0.25, -0.2) is 4.79 Å². The summed E-state index contributed by atoms with van der Waals surface area (Å²) in [5.41, 5.74) is 1.25. The normalized spacial score (nSPS) is 9.30. The third-order valence-corrected chi connectivity index (χ3v) is 1.26. The summed E-state index contributed by atoms with van der Waals surface area (Å²) < 4.78 is 0. The molecule has 0 atom stereocenters. The number of aryl methyl sites for hydroxylation is 1. The SMILES string of the molecule is C=Cc1c[nH]c(=O)nc1C. The Morgan fingerprint density at radius 2 is 2.50 bits per heavy atom. The Morgan fingerprint density at radius 3 is 3.00 bits per heavy atom. The summed E-state index contributed by atoms with van der Waals surface area (Å²) in [5, 5.41) is 0. The van der Waals surface area contributed by atoms with E-state index in [1.54, 1.807) is 19.2 Å². The number of aromatic amines is 1. The van der Waals surface area contributed by atoms with Gasteiger partial charge in [-0.3, -0.25) is 0 Å². The van der Waals surface area contributed by atoms with Crippen LogP contribution in [0.15, 0.2) is 17.6 Å². The molecule has 0 aliphatic carbocycles. The van der Waals surface area contributed by atoms with Crippen molar-refractivity contribution in [2.24, 2.45) is 0 Å². The summed E-state index contributed by atoms with van der Waals surface area (Å²) in [4.78, 5) is 16.7. The van der Waals surface area contributed by atoms with Gasteiger partial charge in [0, 0.05) is 11.8 Å². The molecule has 1 rings (SSSR count). The fourth-order valence-electron chi connectivity index (χ4n) is 0.700. The second-order valence-electron chi connectivity index (χ2n) is 1.95. The number of H-pyrrole nitrogens is 1. The molecule has 3 nitrogen and oxygen atoms in total. The van der Waals surface area contributed by atoms with Gasteiger partial charge in [0.25, 0.3) is 0 Å². The van der Waals surface area contributed by atoms with Crippen LogP contribution in [0.4, 0.5) is 0 Å². The zero-order valence-corrected chi connectivity index (χ0v) is 5.72. The monoisotopic (exact) mass is 136 g/mol. The van der Waals surface area contributed by atoms with E-state index in [0.29, 0.717) is 5.69 Å². The molecule has 52 valence electrons. The molecular formula is C7H8N2O. The van der Waals surface area contributed by atoms with Gasteiger partial charge < -0.3 is 4.98 Å². The highest BCUT2D eigenvalue weighted by atomic mass is 16.1. The van der Waals surface area contributed by atoms with E-state index in [1.165, 1.54) is 0 Å². The summed E-state index contributed by atoms with van der Waals surface area (Å²) in [6, 6.07) is 0. The van der Waals surface area contributed by atoms with E-state index in [4.69, 9.17) is 0 Å². The predicted molar refractivity (Wildman–Crippen MR) is 39.7 cm³/mol. The maximum absolute atomic E-state index is 10.6. The maximum atomic E-state index is 10.6. The van der Waals surface area contributed by atoms with Gasteiger partial charge in [0.1, 0.15) is 0 Å². The molecule has 0 unspecified atom stereocenters. The van der Waals surface area contributed by atoms with Crippen LogP contribution in [-0.4, -0.2) is 9.97 Å². The van der Waals surface area contributed by atoms with Crippen LogP contribution in [0, 0.1) is 6.92 Å². The summed E-state index contributed by atoms with van der Waals surface area (Å²) in [6.45, 7) is 5.33. The zero-order chi connectivity index (χ0) is 7.56. The average Bonchev–Trinajstić information content (AvgIpc) is 1.88. The molecule has 0 saturated heterocycles. The highest BCUT2D eigenvalue weighted by molar-refractivity contribution is 5.47. The van der Waals surface area contributed by atoms with E-state index < -0.39 is 0 Å². The number of hydrogen-bond donors (Lipinski definition) is 1. The molecule has 0 aliphatic rings. The summed E-state index contributed by atoms with van der Waals surface area (Å²) in [5.74, 6) is 0. The van der Waals surface area contributed by atoms with E-state index in [-0.39, 0.29) is 5.69 Å². The molecule has 3 heteroatoms. The molecule has 0 aromatic carbocycles. The van der Waals surface area contributed by atoms with Crippen molar-refractivity contribution in [1.29, 1.82) is 0 Å². The molecule has 0 fully saturated rings. The molecule has 0 amide bonds. The highest BCUT2D eigenvalue weighted by Gasteiger charge is 1.93. The van der Waals surface area contributed by atoms with Crippen molar-refractivity contribution >= 4 is 6.08 Å². The lowest BCUT2D eigenvalue weighted by molar-refractivity contribution is 1.02. The molecule has 1 aromatic heterocycles. The Morgan fingerprint density at radius 1 is 1.80 bits per heavy atom. The third kappa shape index (κ3) is 1.13. The van der Waals surface area contributed by atoms with Crippen LogP contribution in [-0.2, 0) is 0 Å². The molecular weight excluding hydrogens is 128 g/mol. The van der Waals surface area contributed by atoms with Gasteiger partial charge in [0.15, 0.2) is 0 Å². The standard InChI is InChI=1S/C7H8N2O/c1-3-6-4-8-7(10)9-5(6)2/h3-4H,1H2,2H3,(H,8,9,10). The molecule has 0 radical (unpaired) electrons. The number of rotatable bonds is 1. The van der Waals surface area contributed by atoms with Crippen molar-refractivity contribution in [3.63, 3.8) is 0 Å². The smallest absolute Gasteiger partial charge is 0.312 e. The van der Waals surface area contributed by atoms with Gasteiger partial charge in [0.2, 0.25) is 0 Å². The fraction of sp³-hybridized carbons (Fsp3) is 0.143. The maximum Gasteiger partial charge on any atom is 0.345 e. The zero-order valence-electron chi connectivity index (χ0n) is 5.72. The highest BCUT2D eigenvalue weighted by Crippen LogP contribution is 1.99. The molecule has 0 bridgehead atoms. The summed E-state index contributed by atoms with van der Waals surface area (Å²) in [6.07, 6.45) is 3.25. The van der Waals surface area contributed by atoms with Crippen molar-refractivity contribution < 1.29 is 0 Å². The number of aromatic nitrogens is 2. The van der Waals surface area contributed by atoms with Crippen LogP contribution in [0.25, 0.3) is 6.08 Å². The molecule has 1 N–H and O–H groups in total. The van der Waals surface area contributed by atoms with Crippen LogP contribution in [0.2, 0.25) is 0 Å². The van der Waals surface area contributed by atoms with Crippen molar-refractivity contribution in [3.8, 4) is 0 Å². The first-order valence-corrected chi connectivity index (χ1v) is 2.93. The quantitative estimate of drug-likeness (QED) is 0.618. The van der Waals surface area contributed by atoms with Crippen LogP contribution in [0.5, 0.6) is 0 Å². The fourth-order valence-corrected chi connectivity index (χ4v) is 0.700. The second kappa shape index (κ2) is 2.47. The van der Waals surface area contributed by atoms with Gasteiger partial charge in [-0.2, -0.15) is 4.98 Å². The number of hydrogen-bond acceptors (Lipinski definition) is 2.